The van der Waals surface area contributed by atoms with E-state index in [-0.39, 0.29) is 25.3 Å². The molecular weight excluding hydrogens is 316 g/mol. The third-order valence-corrected chi connectivity index (χ3v) is 3.57. The number of carbonyl (C=O) groups excluding carboxylic acids is 1. The second-order valence-electron chi connectivity index (χ2n) is 5.45. The number of hydrogen-bond donors (Lipinski definition) is 3. The first kappa shape index (κ1) is 18.4. The van der Waals surface area contributed by atoms with Crippen LogP contribution in [0.5, 0.6) is 5.75 Å². The smallest absolute Gasteiger partial charge is 0.319 e. The molecule has 0 aliphatic heterocycles. The summed E-state index contributed by atoms with van der Waals surface area (Å²) in [6, 6.07) is 16.2. The van der Waals surface area contributed by atoms with Gasteiger partial charge in [0.2, 0.25) is 0 Å². The van der Waals surface area contributed by atoms with Gasteiger partial charge in [-0.3, -0.25) is 0 Å². The molecule has 2 amide bonds. The molecule has 3 N–H and O–H groups in total. The van der Waals surface area contributed by atoms with Crippen molar-refractivity contribution >= 4 is 11.7 Å². The third kappa shape index (κ3) is 6.21. The SMILES string of the molecule is C#CCOc1cccc(NC(=O)NC(CCCO)c2ccccc2)c1. The Morgan fingerprint density at radius 1 is 1.20 bits per heavy atom. The summed E-state index contributed by atoms with van der Waals surface area (Å²) < 4.78 is 5.35. The molecule has 2 rings (SSSR count). The van der Waals surface area contributed by atoms with E-state index in [1.807, 2.05) is 30.3 Å². The van der Waals surface area contributed by atoms with Crippen LogP contribution in [0.2, 0.25) is 0 Å². The highest BCUT2D eigenvalue weighted by Gasteiger charge is 2.14. The first-order valence-electron chi connectivity index (χ1n) is 8.12. The average molecular weight is 338 g/mol. The van der Waals surface area contributed by atoms with E-state index in [9.17, 15) is 4.79 Å². The zero-order chi connectivity index (χ0) is 17.9. The summed E-state index contributed by atoms with van der Waals surface area (Å²) in [6.45, 7) is 0.258. The number of nitrogens with one attached hydrogen (secondary N) is 2. The lowest BCUT2D eigenvalue weighted by molar-refractivity contribution is 0.244. The van der Waals surface area contributed by atoms with Gasteiger partial charge < -0.3 is 20.5 Å². The molecule has 0 bridgehead atoms. The lowest BCUT2D eigenvalue weighted by Gasteiger charge is -2.19. The van der Waals surface area contributed by atoms with Gasteiger partial charge in [0.25, 0.3) is 0 Å². The van der Waals surface area contributed by atoms with Crippen LogP contribution in [0, 0.1) is 12.3 Å². The predicted molar refractivity (Wildman–Crippen MR) is 98.4 cm³/mol. The van der Waals surface area contributed by atoms with Gasteiger partial charge in [0.15, 0.2) is 0 Å². The van der Waals surface area contributed by atoms with Crippen LogP contribution in [0.3, 0.4) is 0 Å². The Balaban J connectivity index is 2.00. The van der Waals surface area contributed by atoms with Crippen LogP contribution in [0.25, 0.3) is 0 Å². The minimum absolute atomic E-state index is 0.0845. The third-order valence-electron chi connectivity index (χ3n) is 3.57. The molecule has 0 saturated heterocycles. The Kier molecular flexibility index (Phi) is 7.36. The molecule has 0 radical (unpaired) electrons. The maximum Gasteiger partial charge on any atom is 0.319 e. The molecule has 25 heavy (non-hydrogen) atoms. The first-order chi connectivity index (χ1) is 12.2. The van der Waals surface area contributed by atoms with Gasteiger partial charge in [-0.05, 0) is 30.5 Å². The highest BCUT2D eigenvalue weighted by molar-refractivity contribution is 5.89. The summed E-state index contributed by atoms with van der Waals surface area (Å²) in [6.07, 6.45) is 6.43. The minimum atomic E-state index is -0.319. The molecule has 2 aromatic rings. The lowest BCUT2D eigenvalue weighted by Crippen LogP contribution is -2.32. The summed E-state index contributed by atoms with van der Waals surface area (Å²) >= 11 is 0. The normalized spacial score (nSPS) is 11.2. The van der Waals surface area contributed by atoms with Crippen LogP contribution in [0.4, 0.5) is 10.5 Å². The topological polar surface area (TPSA) is 70.6 Å². The van der Waals surface area contributed by atoms with Crippen LogP contribution in [0.1, 0.15) is 24.4 Å². The largest absolute Gasteiger partial charge is 0.481 e. The Morgan fingerprint density at radius 2 is 2.00 bits per heavy atom. The molecule has 0 aromatic heterocycles. The van der Waals surface area contributed by atoms with E-state index in [2.05, 4.69) is 16.6 Å². The molecule has 5 nitrogen and oxygen atoms in total. The fraction of sp³-hybridized carbons (Fsp3) is 0.250. The van der Waals surface area contributed by atoms with E-state index in [4.69, 9.17) is 16.3 Å². The van der Waals surface area contributed by atoms with E-state index in [1.54, 1.807) is 24.3 Å². The number of ether oxygens (including phenoxy) is 1. The predicted octanol–water partition coefficient (Wildman–Crippen LogP) is 3.33. The van der Waals surface area contributed by atoms with Crippen LogP contribution < -0.4 is 15.4 Å². The molecule has 5 heteroatoms. The van der Waals surface area contributed by atoms with Crippen molar-refractivity contribution in [2.45, 2.75) is 18.9 Å². The van der Waals surface area contributed by atoms with Crippen molar-refractivity contribution in [1.29, 1.82) is 0 Å². The lowest BCUT2D eigenvalue weighted by atomic mass is 10.0. The summed E-state index contributed by atoms with van der Waals surface area (Å²) in [5.74, 6) is 2.99. The van der Waals surface area contributed by atoms with Gasteiger partial charge in [-0.2, -0.15) is 0 Å². The monoisotopic (exact) mass is 338 g/mol. The van der Waals surface area contributed by atoms with Crippen molar-refractivity contribution in [3.05, 3.63) is 60.2 Å². The summed E-state index contributed by atoms with van der Waals surface area (Å²) in [5, 5.41) is 14.8. The number of anilines is 1. The van der Waals surface area contributed by atoms with Crippen molar-refractivity contribution < 1.29 is 14.6 Å². The quantitative estimate of drug-likeness (QED) is 0.647. The fourth-order valence-corrected chi connectivity index (χ4v) is 2.42. The molecule has 1 atom stereocenters. The average Bonchev–Trinajstić information content (AvgIpc) is 2.64. The summed E-state index contributed by atoms with van der Waals surface area (Å²) in [4.78, 5) is 12.3. The number of aliphatic hydroxyl groups is 1. The number of amides is 2. The van der Waals surface area contributed by atoms with E-state index in [0.717, 1.165) is 5.56 Å². The van der Waals surface area contributed by atoms with E-state index < -0.39 is 0 Å². The van der Waals surface area contributed by atoms with Gasteiger partial charge in [0.05, 0.1) is 6.04 Å². The maximum absolute atomic E-state index is 12.3. The highest BCUT2D eigenvalue weighted by Crippen LogP contribution is 2.20. The molecule has 0 fully saturated rings. The Labute approximate surface area is 148 Å². The summed E-state index contributed by atoms with van der Waals surface area (Å²) in [7, 11) is 0. The van der Waals surface area contributed by atoms with Crippen molar-refractivity contribution in [3.8, 4) is 18.1 Å². The number of urea groups is 1. The van der Waals surface area contributed by atoms with Crippen LogP contribution in [0.15, 0.2) is 54.6 Å². The standard InChI is InChI=1S/C20H22N2O3/c1-2-14-25-18-11-6-10-17(15-18)21-20(24)22-19(12-7-13-23)16-8-4-3-5-9-16/h1,3-6,8-11,15,19,23H,7,12-14H2,(H2,21,22,24). The highest BCUT2D eigenvalue weighted by atomic mass is 16.5. The number of rotatable bonds is 8. The molecule has 0 aliphatic carbocycles. The zero-order valence-electron chi connectivity index (χ0n) is 13.9. The molecule has 0 aliphatic rings. The Hall–Kier alpha value is -2.97. The second kappa shape index (κ2) is 10.0. The van der Waals surface area contributed by atoms with Gasteiger partial charge in [-0.1, -0.05) is 42.3 Å². The van der Waals surface area contributed by atoms with Gasteiger partial charge in [0.1, 0.15) is 12.4 Å². The number of hydrogen-bond acceptors (Lipinski definition) is 3. The van der Waals surface area contributed by atoms with Gasteiger partial charge >= 0.3 is 6.03 Å². The maximum atomic E-state index is 12.3. The number of terminal acetylenes is 1. The Bertz CT molecular complexity index is 710. The van der Waals surface area contributed by atoms with E-state index >= 15 is 0 Å². The molecule has 2 aromatic carbocycles. The van der Waals surface area contributed by atoms with Crippen LogP contribution >= 0.6 is 0 Å². The number of aliphatic hydroxyl groups excluding tert-OH is 1. The first-order valence-corrected chi connectivity index (χ1v) is 8.12. The Morgan fingerprint density at radius 3 is 2.72 bits per heavy atom. The van der Waals surface area contributed by atoms with E-state index in [1.165, 1.54) is 0 Å². The second-order valence-corrected chi connectivity index (χ2v) is 5.45. The number of carbonyl (C=O) groups is 1. The fourth-order valence-electron chi connectivity index (χ4n) is 2.42. The van der Waals surface area contributed by atoms with Gasteiger partial charge in [-0.15, -0.1) is 6.42 Å². The van der Waals surface area contributed by atoms with Crippen molar-refractivity contribution in [2.75, 3.05) is 18.5 Å². The van der Waals surface area contributed by atoms with Gasteiger partial charge in [0, 0.05) is 18.4 Å². The van der Waals surface area contributed by atoms with Crippen LogP contribution in [-0.2, 0) is 0 Å². The molecule has 130 valence electrons. The molecule has 1 unspecified atom stereocenters. The summed E-state index contributed by atoms with van der Waals surface area (Å²) in [5.41, 5.74) is 1.61. The van der Waals surface area contributed by atoms with Crippen molar-refractivity contribution in [1.82, 2.24) is 5.32 Å². The molecule has 0 saturated carbocycles. The zero-order valence-corrected chi connectivity index (χ0v) is 13.9. The van der Waals surface area contributed by atoms with Crippen molar-refractivity contribution in [2.24, 2.45) is 0 Å². The van der Waals surface area contributed by atoms with Crippen LogP contribution in [-0.4, -0.2) is 24.4 Å². The van der Waals surface area contributed by atoms with Gasteiger partial charge in [-0.25, -0.2) is 4.79 Å². The molecule has 0 heterocycles. The van der Waals surface area contributed by atoms with Crippen molar-refractivity contribution in [3.63, 3.8) is 0 Å². The number of benzene rings is 2. The molecule has 0 spiro atoms. The minimum Gasteiger partial charge on any atom is -0.481 e. The molecular formula is C20H22N2O3. The van der Waals surface area contributed by atoms with E-state index in [0.29, 0.717) is 24.3 Å².